The Morgan fingerprint density at radius 1 is 1.10 bits per heavy atom. The third-order valence-corrected chi connectivity index (χ3v) is 7.55. The van der Waals surface area contributed by atoms with Crippen LogP contribution in [0.2, 0.25) is 0 Å². The summed E-state index contributed by atoms with van der Waals surface area (Å²) >= 11 is 0. The summed E-state index contributed by atoms with van der Waals surface area (Å²) in [6, 6.07) is 5.41. The highest BCUT2D eigenvalue weighted by Gasteiger charge is 2.41. The van der Waals surface area contributed by atoms with Crippen LogP contribution < -0.4 is 16.0 Å². The van der Waals surface area contributed by atoms with E-state index in [0.717, 1.165) is 23.2 Å². The van der Waals surface area contributed by atoms with Gasteiger partial charge in [-0.2, -0.15) is 0 Å². The van der Waals surface area contributed by atoms with E-state index in [-0.39, 0.29) is 24.1 Å². The van der Waals surface area contributed by atoms with E-state index in [1.807, 2.05) is 18.2 Å². The summed E-state index contributed by atoms with van der Waals surface area (Å²) in [6.07, 6.45) is 5.90. The normalized spacial score (nSPS) is 25.9. The van der Waals surface area contributed by atoms with Gasteiger partial charge in [0.1, 0.15) is 6.04 Å². The highest BCUT2D eigenvalue weighted by molar-refractivity contribution is 6.05. The van der Waals surface area contributed by atoms with Crippen LogP contribution in [0, 0.1) is 11.3 Å². The lowest BCUT2D eigenvalue weighted by atomic mass is 9.67. The molecule has 3 aliphatic heterocycles. The van der Waals surface area contributed by atoms with E-state index in [1.54, 1.807) is 4.90 Å². The standard InChI is InChI=1S/C23H30N4O3/c28-19-5-4-18(21(29)26-19)27-12-17-3-1-2-16(20(17)22(27)30)11-24-10-15-6-8-23(9-7-15)13-25-14-23/h1-3,15,18,24-25H,4-14H2,(H,26,28,29). The number of imide groups is 1. The summed E-state index contributed by atoms with van der Waals surface area (Å²) in [7, 11) is 0. The lowest BCUT2D eigenvalue weighted by molar-refractivity contribution is -0.136. The third-order valence-electron chi connectivity index (χ3n) is 7.55. The smallest absolute Gasteiger partial charge is 0.255 e. The molecule has 4 aliphatic rings. The molecule has 1 unspecified atom stereocenters. The van der Waals surface area contributed by atoms with Crippen molar-refractivity contribution < 1.29 is 14.4 Å². The lowest BCUT2D eigenvalue weighted by Crippen LogP contribution is -2.55. The van der Waals surface area contributed by atoms with Gasteiger partial charge in [-0.25, -0.2) is 0 Å². The van der Waals surface area contributed by atoms with Crippen molar-refractivity contribution in [2.45, 2.75) is 57.7 Å². The zero-order valence-electron chi connectivity index (χ0n) is 17.3. The summed E-state index contributed by atoms with van der Waals surface area (Å²) < 4.78 is 0. The molecule has 3 N–H and O–H groups in total. The monoisotopic (exact) mass is 410 g/mol. The summed E-state index contributed by atoms with van der Waals surface area (Å²) in [5.74, 6) is 0.00830. The van der Waals surface area contributed by atoms with Crippen LogP contribution in [0.25, 0.3) is 0 Å². The Morgan fingerprint density at radius 2 is 1.90 bits per heavy atom. The molecule has 3 amide bonds. The predicted molar refractivity (Wildman–Crippen MR) is 111 cm³/mol. The van der Waals surface area contributed by atoms with Crippen LogP contribution in [0.15, 0.2) is 18.2 Å². The number of hydrogen-bond donors (Lipinski definition) is 3. The van der Waals surface area contributed by atoms with Crippen LogP contribution in [-0.4, -0.2) is 48.3 Å². The Balaban J connectivity index is 1.20. The number of carbonyl (C=O) groups is 3. The SMILES string of the molecule is O=C1CCC(N2Cc3cccc(CNCC4CCC5(CC4)CNC5)c3C2=O)C(=O)N1. The Bertz CT molecular complexity index is 869. The Labute approximate surface area is 177 Å². The van der Waals surface area contributed by atoms with Crippen molar-refractivity contribution in [3.05, 3.63) is 34.9 Å². The van der Waals surface area contributed by atoms with E-state index in [2.05, 4.69) is 16.0 Å². The van der Waals surface area contributed by atoms with Crippen molar-refractivity contribution in [1.29, 1.82) is 0 Å². The molecule has 0 bridgehead atoms. The zero-order chi connectivity index (χ0) is 20.7. The van der Waals surface area contributed by atoms with Gasteiger partial charge < -0.3 is 15.5 Å². The second-order valence-electron chi connectivity index (χ2n) is 9.53. The van der Waals surface area contributed by atoms with Crippen LogP contribution in [0.5, 0.6) is 0 Å². The minimum Gasteiger partial charge on any atom is -0.322 e. The molecular weight excluding hydrogens is 380 g/mol. The van der Waals surface area contributed by atoms with Crippen molar-refractivity contribution in [3.63, 3.8) is 0 Å². The molecule has 3 heterocycles. The van der Waals surface area contributed by atoms with Gasteiger partial charge in [-0.1, -0.05) is 18.2 Å². The van der Waals surface area contributed by atoms with Gasteiger partial charge in [-0.3, -0.25) is 19.7 Å². The maximum atomic E-state index is 13.1. The number of hydrogen-bond acceptors (Lipinski definition) is 5. The van der Waals surface area contributed by atoms with Crippen molar-refractivity contribution in [2.24, 2.45) is 11.3 Å². The van der Waals surface area contributed by atoms with E-state index in [0.29, 0.717) is 30.8 Å². The average Bonchev–Trinajstić information content (AvgIpc) is 3.05. The second kappa shape index (κ2) is 7.78. The largest absolute Gasteiger partial charge is 0.322 e. The van der Waals surface area contributed by atoms with E-state index < -0.39 is 6.04 Å². The Kier molecular flexibility index (Phi) is 5.11. The minimum absolute atomic E-state index is 0.0889. The molecule has 1 atom stereocenters. The number of piperidine rings is 1. The zero-order valence-corrected chi connectivity index (χ0v) is 17.3. The molecule has 7 heteroatoms. The van der Waals surface area contributed by atoms with Crippen molar-refractivity contribution in [1.82, 2.24) is 20.9 Å². The molecule has 1 saturated carbocycles. The van der Waals surface area contributed by atoms with Crippen molar-refractivity contribution >= 4 is 17.7 Å². The van der Waals surface area contributed by atoms with Gasteiger partial charge >= 0.3 is 0 Å². The van der Waals surface area contributed by atoms with E-state index in [1.165, 1.54) is 38.8 Å². The molecule has 1 spiro atoms. The van der Waals surface area contributed by atoms with Gasteiger partial charge in [0, 0.05) is 38.2 Å². The molecule has 3 fully saturated rings. The number of carbonyl (C=O) groups excluding carboxylic acids is 3. The number of amides is 3. The third kappa shape index (κ3) is 3.54. The topological polar surface area (TPSA) is 90.5 Å². The molecule has 7 nitrogen and oxygen atoms in total. The molecular formula is C23H30N4O3. The maximum absolute atomic E-state index is 13.1. The lowest BCUT2D eigenvalue weighted by Gasteiger charge is -2.47. The van der Waals surface area contributed by atoms with Gasteiger partial charge in [0.2, 0.25) is 11.8 Å². The Morgan fingerprint density at radius 3 is 2.60 bits per heavy atom. The molecule has 5 rings (SSSR count). The molecule has 0 radical (unpaired) electrons. The van der Waals surface area contributed by atoms with Gasteiger partial charge in [0.05, 0.1) is 0 Å². The predicted octanol–water partition coefficient (Wildman–Crippen LogP) is 1.32. The molecule has 0 aromatic heterocycles. The first-order chi connectivity index (χ1) is 14.5. The van der Waals surface area contributed by atoms with Gasteiger partial charge in [-0.15, -0.1) is 0 Å². The summed E-state index contributed by atoms with van der Waals surface area (Å²) in [4.78, 5) is 38.5. The highest BCUT2D eigenvalue weighted by atomic mass is 16.2. The van der Waals surface area contributed by atoms with Crippen LogP contribution in [0.1, 0.15) is 60.0 Å². The van der Waals surface area contributed by atoms with Crippen molar-refractivity contribution in [2.75, 3.05) is 19.6 Å². The van der Waals surface area contributed by atoms with E-state index in [4.69, 9.17) is 0 Å². The first-order valence-corrected chi connectivity index (χ1v) is 11.2. The fourth-order valence-corrected chi connectivity index (χ4v) is 5.57. The van der Waals surface area contributed by atoms with Gasteiger partial charge in [0.15, 0.2) is 0 Å². The van der Waals surface area contributed by atoms with Gasteiger partial charge in [0.25, 0.3) is 5.91 Å². The highest BCUT2D eigenvalue weighted by Crippen LogP contribution is 2.41. The van der Waals surface area contributed by atoms with E-state index in [9.17, 15) is 14.4 Å². The van der Waals surface area contributed by atoms with Crippen molar-refractivity contribution in [3.8, 4) is 0 Å². The number of benzene rings is 1. The van der Waals surface area contributed by atoms with Crippen LogP contribution in [-0.2, 0) is 22.7 Å². The number of fused-ring (bicyclic) bond motifs is 1. The fraction of sp³-hybridized carbons (Fsp3) is 0.609. The van der Waals surface area contributed by atoms with Gasteiger partial charge in [-0.05, 0) is 61.1 Å². The quantitative estimate of drug-likeness (QED) is 0.637. The van der Waals surface area contributed by atoms with Crippen LogP contribution in [0.4, 0.5) is 0 Å². The fourth-order valence-electron chi connectivity index (χ4n) is 5.57. The molecule has 30 heavy (non-hydrogen) atoms. The number of nitrogens with zero attached hydrogens (tertiary/aromatic N) is 1. The second-order valence-corrected chi connectivity index (χ2v) is 9.53. The summed E-state index contributed by atoms with van der Waals surface area (Å²) in [5.41, 5.74) is 3.30. The molecule has 1 aliphatic carbocycles. The molecule has 1 aromatic carbocycles. The average molecular weight is 411 g/mol. The maximum Gasteiger partial charge on any atom is 0.255 e. The first-order valence-electron chi connectivity index (χ1n) is 11.2. The summed E-state index contributed by atoms with van der Waals surface area (Å²) in [5, 5.41) is 9.37. The van der Waals surface area contributed by atoms with Crippen LogP contribution in [0.3, 0.4) is 0 Å². The summed E-state index contributed by atoms with van der Waals surface area (Å²) in [6.45, 7) is 4.47. The van der Waals surface area contributed by atoms with Crippen LogP contribution >= 0.6 is 0 Å². The minimum atomic E-state index is -0.557. The molecule has 160 valence electrons. The molecule has 1 aromatic rings. The Hall–Kier alpha value is -2.25. The first kappa shape index (κ1) is 19.7. The number of nitrogens with one attached hydrogen (secondary N) is 3. The van der Waals surface area contributed by atoms with E-state index >= 15 is 0 Å². The molecule has 2 saturated heterocycles. The number of rotatable bonds is 5.